The van der Waals surface area contributed by atoms with E-state index in [0.717, 1.165) is 5.56 Å². The van der Waals surface area contributed by atoms with Crippen LogP contribution in [0.5, 0.6) is 5.75 Å². The van der Waals surface area contributed by atoms with Gasteiger partial charge in [0, 0.05) is 17.8 Å². The summed E-state index contributed by atoms with van der Waals surface area (Å²) in [5, 5.41) is 9.29. The molecule has 0 aliphatic heterocycles. The molecule has 0 saturated heterocycles. The molecule has 0 aliphatic rings. The molecule has 1 N–H and O–H groups in total. The minimum atomic E-state index is -0.950. The number of benzene rings is 1. The van der Waals surface area contributed by atoms with Gasteiger partial charge in [0.1, 0.15) is 6.61 Å². The lowest BCUT2D eigenvalue weighted by atomic mass is 10.2. The van der Waals surface area contributed by atoms with Gasteiger partial charge in [-0.05, 0) is 29.8 Å². The van der Waals surface area contributed by atoms with Crippen molar-refractivity contribution in [3.8, 4) is 5.75 Å². The molecule has 21 heavy (non-hydrogen) atoms. The van der Waals surface area contributed by atoms with Gasteiger partial charge in [0.15, 0.2) is 5.75 Å². The minimum absolute atomic E-state index is 0.111. The zero-order valence-corrected chi connectivity index (χ0v) is 11.9. The quantitative estimate of drug-likeness (QED) is 0.890. The van der Waals surface area contributed by atoms with E-state index in [0.29, 0.717) is 5.02 Å². The van der Waals surface area contributed by atoms with E-state index >= 15 is 0 Å². The molecule has 0 spiro atoms. The number of rotatable bonds is 6. The number of pyridine rings is 1. The third-order valence-corrected chi connectivity index (χ3v) is 3.11. The predicted octanol–water partition coefficient (Wildman–Crippen LogP) is 2.56. The first-order chi connectivity index (χ1) is 10.1. The molecule has 5 nitrogen and oxygen atoms in total. The Labute approximate surface area is 126 Å². The second kappa shape index (κ2) is 6.95. The average Bonchev–Trinajstić information content (AvgIpc) is 2.46. The smallest absolute Gasteiger partial charge is 0.305 e. The van der Waals surface area contributed by atoms with E-state index in [1.165, 1.54) is 4.57 Å². The molecule has 110 valence electrons. The fraction of sp³-hybridized carbons (Fsp3) is 0.200. The number of hydrogen-bond acceptors (Lipinski definition) is 3. The number of ether oxygens (including phenoxy) is 1. The number of hydrogen-bond donors (Lipinski definition) is 1. The lowest BCUT2D eigenvalue weighted by Crippen LogP contribution is -2.22. The van der Waals surface area contributed by atoms with Crippen molar-refractivity contribution in [2.45, 2.75) is 19.6 Å². The summed E-state index contributed by atoms with van der Waals surface area (Å²) in [6, 6.07) is 10.3. The highest BCUT2D eigenvalue weighted by Gasteiger charge is 2.06. The van der Waals surface area contributed by atoms with Crippen molar-refractivity contribution in [1.29, 1.82) is 0 Å². The lowest BCUT2D eigenvalue weighted by molar-refractivity contribution is -0.137. The van der Waals surface area contributed by atoms with Crippen LogP contribution in [0.15, 0.2) is 47.4 Å². The van der Waals surface area contributed by atoms with Crippen LogP contribution >= 0.6 is 11.6 Å². The Hall–Kier alpha value is -2.27. The van der Waals surface area contributed by atoms with Crippen LogP contribution in [0.25, 0.3) is 0 Å². The molecule has 0 saturated carbocycles. The predicted molar refractivity (Wildman–Crippen MR) is 78.7 cm³/mol. The molecule has 0 radical (unpaired) electrons. The van der Waals surface area contributed by atoms with Crippen molar-refractivity contribution in [2.24, 2.45) is 0 Å². The number of aryl methyl sites for hydroxylation is 1. The van der Waals surface area contributed by atoms with Gasteiger partial charge in [-0.1, -0.05) is 23.7 Å². The van der Waals surface area contributed by atoms with E-state index in [1.807, 2.05) is 12.1 Å². The Morgan fingerprint density at radius 3 is 2.62 bits per heavy atom. The third-order valence-electron chi connectivity index (χ3n) is 2.86. The van der Waals surface area contributed by atoms with Crippen LogP contribution in [-0.4, -0.2) is 15.6 Å². The first kappa shape index (κ1) is 15.1. The second-order valence-corrected chi connectivity index (χ2v) is 4.87. The molecule has 0 aliphatic carbocycles. The minimum Gasteiger partial charge on any atom is -0.483 e. The van der Waals surface area contributed by atoms with E-state index in [9.17, 15) is 9.59 Å². The average molecular weight is 308 g/mol. The molecule has 1 heterocycles. The van der Waals surface area contributed by atoms with Gasteiger partial charge < -0.3 is 14.4 Å². The van der Waals surface area contributed by atoms with Crippen molar-refractivity contribution >= 4 is 17.6 Å². The summed E-state index contributed by atoms with van der Waals surface area (Å²) < 4.78 is 6.81. The van der Waals surface area contributed by atoms with Crippen molar-refractivity contribution in [3.63, 3.8) is 0 Å². The molecular weight excluding hydrogens is 294 g/mol. The molecule has 0 unspecified atom stereocenters. The van der Waals surface area contributed by atoms with Crippen molar-refractivity contribution in [3.05, 3.63) is 63.5 Å². The van der Waals surface area contributed by atoms with Crippen molar-refractivity contribution in [1.82, 2.24) is 4.57 Å². The second-order valence-electron chi connectivity index (χ2n) is 4.43. The first-order valence-electron chi connectivity index (χ1n) is 6.35. The normalized spacial score (nSPS) is 10.3. The Balaban J connectivity index is 2.06. The molecular formula is C15H14ClNO4. The number of carbonyl (C=O) groups is 1. The third kappa shape index (κ3) is 4.36. The summed E-state index contributed by atoms with van der Waals surface area (Å²) >= 11 is 5.79. The van der Waals surface area contributed by atoms with Crippen LogP contribution < -0.4 is 10.3 Å². The Kier molecular flexibility index (Phi) is 5.00. The van der Waals surface area contributed by atoms with Crippen LogP contribution in [0.3, 0.4) is 0 Å². The molecule has 2 aromatic rings. The number of aliphatic carboxylic acids is 1. The summed E-state index contributed by atoms with van der Waals surface area (Å²) in [6.45, 7) is 0.363. The van der Waals surface area contributed by atoms with Crippen LogP contribution in [0, 0.1) is 0 Å². The topological polar surface area (TPSA) is 68.5 Å². The molecule has 1 aromatic heterocycles. The van der Waals surface area contributed by atoms with E-state index in [2.05, 4.69) is 0 Å². The molecule has 0 fully saturated rings. The zero-order chi connectivity index (χ0) is 15.2. The molecule has 0 amide bonds. The van der Waals surface area contributed by atoms with Crippen LogP contribution in [-0.2, 0) is 17.9 Å². The number of carboxylic acids is 1. The van der Waals surface area contributed by atoms with Gasteiger partial charge in [-0.15, -0.1) is 0 Å². The molecule has 2 rings (SSSR count). The summed E-state index contributed by atoms with van der Waals surface area (Å²) in [5.41, 5.74) is 0.549. The van der Waals surface area contributed by atoms with Crippen LogP contribution in [0.4, 0.5) is 0 Å². The van der Waals surface area contributed by atoms with Gasteiger partial charge in [-0.2, -0.15) is 0 Å². The molecule has 1 aromatic carbocycles. The molecule has 0 atom stereocenters. The standard InChI is InChI=1S/C15H14ClNO4/c16-12-5-3-11(4-6-12)10-21-13-2-1-8-17(15(13)20)9-7-14(18)19/h1-6,8H,7,9-10H2,(H,18,19). The van der Waals surface area contributed by atoms with Crippen molar-refractivity contribution in [2.75, 3.05) is 0 Å². The maximum Gasteiger partial charge on any atom is 0.305 e. The van der Waals surface area contributed by atoms with E-state index in [-0.39, 0.29) is 30.9 Å². The van der Waals surface area contributed by atoms with Crippen LogP contribution in [0.1, 0.15) is 12.0 Å². The van der Waals surface area contributed by atoms with Gasteiger partial charge in [0.05, 0.1) is 6.42 Å². The van der Waals surface area contributed by atoms with Crippen LogP contribution in [0.2, 0.25) is 5.02 Å². The van der Waals surface area contributed by atoms with Gasteiger partial charge in [0.25, 0.3) is 5.56 Å². The monoisotopic (exact) mass is 307 g/mol. The lowest BCUT2D eigenvalue weighted by Gasteiger charge is -2.09. The summed E-state index contributed by atoms with van der Waals surface area (Å²) in [4.78, 5) is 22.6. The highest BCUT2D eigenvalue weighted by molar-refractivity contribution is 6.30. The maximum absolute atomic E-state index is 12.1. The fourth-order valence-corrected chi connectivity index (χ4v) is 1.88. The summed E-state index contributed by atoms with van der Waals surface area (Å²) in [5.74, 6) is -0.757. The highest BCUT2D eigenvalue weighted by Crippen LogP contribution is 2.12. The van der Waals surface area contributed by atoms with Gasteiger partial charge in [0.2, 0.25) is 0 Å². The van der Waals surface area contributed by atoms with E-state index in [4.69, 9.17) is 21.4 Å². The highest BCUT2D eigenvalue weighted by atomic mass is 35.5. The van der Waals surface area contributed by atoms with E-state index < -0.39 is 5.97 Å². The first-order valence-corrected chi connectivity index (χ1v) is 6.72. The zero-order valence-electron chi connectivity index (χ0n) is 11.2. The van der Waals surface area contributed by atoms with Gasteiger partial charge in [-0.3, -0.25) is 9.59 Å². The molecule has 6 heteroatoms. The number of halogens is 1. The Morgan fingerprint density at radius 1 is 1.24 bits per heavy atom. The largest absolute Gasteiger partial charge is 0.483 e. The number of nitrogens with zero attached hydrogens (tertiary/aromatic N) is 1. The van der Waals surface area contributed by atoms with Gasteiger partial charge >= 0.3 is 5.97 Å². The Bertz CT molecular complexity index is 679. The number of aromatic nitrogens is 1. The van der Waals surface area contributed by atoms with Gasteiger partial charge in [-0.25, -0.2) is 0 Å². The summed E-state index contributed by atoms with van der Waals surface area (Å²) in [6.07, 6.45) is 1.43. The fourth-order valence-electron chi connectivity index (χ4n) is 1.76. The maximum atomic E-state index is 12.1. The van der Waals surface area contributed by atoms with E-state index in [1.54, 1.807) is 30.5 Å². The Morgan fingerprint density at radius 2 is 1.95 bits per heavy atom. The number of carboxylic acid groups (broad SMARTS) is 1. The molecule has 0 bridgehead atoms. The summed E-state index contributed by atoms with van der Waals surface area (Å²) in [7, 11) is 0. The van der Waals surface area contributed by atoms with Crippen molar-refractivity contribution < 1.29 is 14.6 Å². The SMILES string of the molecule is O=C(O)CCn1cccc(OCc2ccc(Cl)cc2)c1=O.